The van der Waals surface area contributed by atoms with Crippen molar-refractivity contribution in [2.75, 3.05) is 11.9 Å². The molecular weight excluding hydrogens is 302 g/mol. The first-order chi connectivity index (χ1) is 11.8. The molecule has 0 radical (unpaired) electrons. The highest BCUT2D eigenvalue weighted by Crippen LogP contribution is 2.31. The molecule has 1 aliphatic heterocycles. The van der Waals surface area contributed by atoms with Crippen LogP contribution in [0.1, 0.15) is 43.0 Å². The quantitative estimate of drug-likeness (QED) is 0.904. The van der Waals surface area contributed by atoms with Crippen LogP contribution >= 0.6 is 0 Å². The minimum absolute atomic E-state index is 0.0136. The number of urea groups is 1. The molecule has 2 amide bonds. The molecule has 1 atom stereocenters. The van der Waals surface area contributed by atoms with E-state index >= 15 is 0 Å². The SMILES string of the molecule is N#CCc1ccc(NC(=O)N2CCCCCC2c2ccco2)cc1. The zero-order valence-corrected chi connectivity index (χ0v) is 13.6. The fourth-order valence-electron chi connectivity index (χ4n) is 3.12. The van der Waals surface area contributed by atoms with Gasteiger partial charge in [0.25, 0.3) is 0 Å². The Morgan fingerprint density at radius 3 is 2.79 bits per heavy atom. The Hall–Kier alpha value is -2.74. The second-order valence-electron chi connectivity index (χ2n) is 6.04. The molecule has 1 unspecified atom stereocenters. The molecule has 1 fully saturated rings. The minimum atomic E-state index is -0.105. The highest BCUT2D eigenvalue weighted by molar-refractivity contribution is 5.89. The summed E-state index contributed by atoms with van der Waals surface area (Å²) in [6, 6.07) is 13.2. The number of likely N-dealkylation sites (tertiary alicyclic amines) is 1. The van der Waals surface area contributed by atoms with Crippen molar-refractivity contribution in [2.45, 2.75) is 38.1 Å². The molecule has 1 aromatic carbocycles. The van der Waals surface area contributed by atoms with E-state index in [1.54, 1.807) is 6.26 Å². The van der Waals surface area contributed by atoms with Crippen molar-refractivity contribution >= 4 is 11.7 Å². The van der Waals surface area contributed by atoms with Gasteiger partial charge < -0.3 is 14.6 Å². The summed E-state index contributed by atoms with van der Waals surface area (Å²) in [6.07, 6.45) is 6.18. The van der Waals surface area contributed by atoms with Gasteiger partial charge in [0.2, 0.25) is 0 Å². The number of nitrogens with zero attached hydrogens (tertiary/aromatic N) is 2. The predicted octanol–water partition coefficient (Wildman–Crippen LogP) is 4.49. The fraction of sp³-hybridized carbons (Fsp3) is 0.368. The average Bonchev–Trinajstić information content (AvgIpc) is 3.01. The van der Waals surface area contributed by atoms with Gasteiger partial charge >= 0.3 is 6.03 Å². The van der Waals surface area contributed by atoms with Crippen molar-refractivity contribution in [2.24, 2.45) is 0 Å². The maximum Gasteiger partial charge on any atom is 0.322 e. The Kier molecular flexibility index (Phi) is 5.17. The molecule has 2 aromatic rings. The molecule has 24 heavy (non-hydrogen) atoms. The van der Waals surface area contributed by atoms with E-state index in [1.165, 1.54) is 0 Å². The van der Waals surface area contributed by atoms with Gasteiger partial charge in [0.05, 0.1) is 24.8 Å². The van der Waals surface area contributed by atoms with Gasteiger partial charge in [-0.1, -0.05) is 25.0 Å². The maximum atomic E-state index is 12.8. The number of rotatable bonds is 3. The third-order valence-electron chi connectivity index (χ3n) is 4.37. The van der Waals surface area contributed by atoms with Crippen LogP contribution in [-0.2, 0) is 6.42 Å². The minimum Gasteiger partial charge on any atom is -0.467 e. The van der Waals surface area contributed by atoms with Gasteiger partial charge in [-0.15, -0.1) is 0 Å². The van der Waals surface area contributed by atoms with E-state index < -0.39 is 0 Å². The molecule has 2 heterocycles. The summed E-state index contributed by atoms with van der Waals surface area (Å²) in [4.78, 5) is 14.6. The van der Waals surface area contributed by atoms with E-state index in [9.17, 15) is 4.79 Å². The Labute approximate surface area is 141 Å². The van der Waals surface area contributed by atoms with Crippen LogP contribution in [0, 0.1) is 11.3 Å². The van der Waals surface area contributed by atoms with Crippen molar-refractivity contribution in [1.82, 2.24) is 4.90 Å². The van der Waals surface area contributed by atoms with Crippen molar-refractivity contribution in [1.29, 1.82) is 5.26 Å². The lowest BCUT2D eigenvalue weighted by Gasteiger charge is -2.28. The smallest absolute Gasteiger partial charge is 0.322 e. The van der Waals surface area contributed by atoms with Crippen LogP contribution in [0.3, 0.4) is 0 Å². The summed E-state index contributed by atoms with van der Waals surface area (Å²) in [5.74, 6) is 0.844. The second-order valence-corrected chi connectivity index (χ2v) is 6.04. The Morgan fingerprint density at radius 2 is 2.08 bits per heavy atom. The third kappa shape index (κ3) is 3.77. The summed E-state index contributed by atoms with van der Waals surface area (Å²) in [7, 11) is 0. The average molecular weight is 323 g/mol. The molecule has 1 saturated heterocycles. The highest BCUT2D eigenvalue weighted by Gasteiger charge is 2.28. The predicted molar refractivity (Wildman–Crippen MR) is 91.4 cm³/mol. The first-order valence-corrected chi connectivity index (χ1v) is 8.35. The molecule has 1 N–H and O–H groups in total. The van der Waals surface area contributed by atoms with Gasteiger partial charge in [-0.3, -0.25) is 0 Å². The summed E-state index contributed by atoms with van der Waals surface area (Å²) in [6.45, 7) is 0.726. The van der Waals surface area contributed by atoms with E-state index in [0.717, 1.165) is 49.2 Å². The topological polar surface area (TPSA) is 69.3 Å². The first-order valence-electron chi connectivity index (χ1n) is 8.35. The summed E-state index contributed by atoms with van der Waals surface area (Å²) >= 11 is 0. The lowest BCUT2D eigenvalue weighted by atomic mass is 10.1. The molecular formula is C19H21N3O2. The molecule has 0 spiro atoms. The van der Waals surface area contributed by atoms with Crippen molar-refractivity contribution < 1.29 is 9.21 Å². The number of nitriles is 1. The van der Waals surface area contributed by atoms with Crippen molar-refractivity contribution in [3.63, 3.8) is 0 Å². The van der Waals surface area contributed by atoms with Crippen LogP contribution in [0.15, 0.2) is 47.1 Å². The molecule has 1 aliphatic rings. The lowest BCUT2D eigenvalue weighted by molar-refractivity contribution is 0.179. The number of hydrogen-bond donors (Lipinski definition) is 1. The van der Waals surface area contributed by atoms with Crippen LogP contribution in [0.25, 0.3) is 0 Å². The van der Waals surface area contributed by atoms with E-state index in [4.69, 9.17) is 9.68 Å². The Morgan fingerprint density at radius 1 is 1.25 bits per heavy atom. The maximum absolute atomic E-state index is 12.8. The van der Waals surface area contributed by atoms with Crippen molar-refractivity contribution in [3.05, 3.63) is 54.0 Å². The van der Waals surface area contributed by atoms with E-state index in [-0.39, 0.29) is 12.1 Å². The zero-order valence-electron chi connectivity index (χ0n) is 13.6. The van der Waals surface area contributed by atoms with Crippen LogP contribution in [0.2, 0.25) is 0 Å². The molecule has 0 aliphatic carbocycles. The van der Waals surface area contributed by atoms with Crippen LogP contribution in [-0.4, -0.2) is 17.5 Å². The van der Waals surface area contributed by atoms with E-state index in [1.807, 2.05) is 41.3 Å². The summed E-state index contributed by atoms with van der Waals surface area (Å²) < 4.78 is 5.55. The van der Waals surface area contributed by atoms with Gasteiger partial charge in [-0.05, 0) is 42.7 Å². The Bertz CT molecular complexity index is 701. The molecule has 124 valence electrons. The number of anilines is 1. The molecule has 0 bridgehead atoms. The number of furan rings is 1. The van der Waals surface area contributed by atoms with Crippen LogP contribution < -0.4 is 5.32 Å². The van der Waals surface area contributed by atoms with Crippen LogP contribution in [0.4, 0.5) is 10.5 Å². The molecule has 3 rings (SSSR count). The van der Waals surface area contributed by atoms with Gasteiger partial charge in [0, 0.05) is 12.2 Å². The number of hydrogen-bond acceptors (Lipinski definition) is 3. The second kappa shape index (κ2) is 7.69. The zero-order chi connectivity index (χ0) is 16.8. The molecule has 5 heteroatoms. The number of carbonyl (C=O) groups excluding carboxylic acids is 1. The van der Waals surface area contributed by atoms with Crippen molar-refractivity contribution in [3.8, 4) is 6.07 Å². The summed E-state index contributed by atoms with van der Waals surface area (Å²) in [5, 5.41) is 11.7. The monoisotopic (exact) mass is 323 g/mol. The number of amides is 2. The van der Waals surface area contributed by atoms with E-state index in [2.05, 4.69) is 11.4 Å². The number of benzene rings is 1. The first kappa shape index (κ1) is 16.1. The molecule has 1 aromatic heterocycles. The van der Waals surface area contributed by atoms with E-state index in [0.29, 0.717) is 6.42 Å². The number of nitrogens with one attached hydrogen (secondary N) is 1. The lowest BCUT2D eigenvalue weighted by Crippen LogP contribution is -2.37. The fourth-order valence-corrected chi connectivity index (χ4v) is 3.12. The highest BCUT2D eigenvalue weighted by atomic mass is 16.3. The normalized spacial score (nSPS) is 17.8. The number of carbonyl (C=O) groups is 1. The van der Waals surface area contributed by atoms with Gasteiger partial charge in [-0.25, -0.2) is 4.79 Å². The molecule has 5 nitrogen and oxygen atoms in total. The molecule has 0 saturated carbocycles. The third-order valence-corrected chi connectivity index (χ3v) is 4.37. The van der Waals surface area contributed by atoms with Gasteiger partial charge in [0.1, 0.15) is 5.76 Å². The summed E-state index contributed by atoms with van der Waals surface area (Å²) in [5.41, 5.74) is 1.68. The Balaban J connectivity index is 1.72. The van der Waals surface area contributed by atoms with Crippen LogP contribution in [0.5, 0.6) is 0 Å². The van der Waals surface area contributed by atoms with Gasteiger partial charge in [-0.2, -0.15) is 5.26 Å². The van der Waals surface area contributed by atoms with Gasteiger partial charge in [0.15, 0.2) is 0 Å². The largest absolute Gasteiger partial charge is 0.467 e. The standard InChI is InChI=1S/C19H21N3O2/c20-12-11-15-7-9-16(10-8-15)21-19(23)22-13-3-1-2-5-17(22)18-6-4-14-24-18/h4,6-10,14,17H,1-3,5,11,13H2,(H,21,23).